The smallest absolute Gasteiger partial charge is 0.271 e. The highest BCUT2D eigenvalue weighted by atomic mass is 32.1. The number of rotatable bonds is 5. The predicted molar refractivity (Wildman–Crippen MR) is 74.4 cm³/mol. The van der Waals surface area contributed by atoms with E-state index in [0.717, 1.165) is 11.6 Å². The summed E-state index contributed by atoms with van der Waals surface area (Å²) in [6, 6.07) is 3.38. The van der Waals surface area contributed by atoms with Crippen LogP contribution in [0.1, 0.15) is 28.3 Å². The number of nitrogens with zero attached hydrogens (tertiary/aromatic N) is 3. The van der Waals surface area contributed by atoms with Crippen molar-refractivity contribution in [3.8, 4) is 0 Å². The largest absolute Gasteiger partial charge is 0.368 e. The summed E-state index contributed by atoms with van der Waals surface area (Å²) < 4.78 is 0. The number of hydrogen-bond acceptors (Lipinski definition) is 6. The van der Waals surface area contributed by atoms with Gasteiger partial charge >= 0.3 is 0 Å². The van der Waals surface area contributed by atoms with Crippen molar-refractivity contribution in [3.63, 3.8) is 0 Å². The molecule has 2 aromatic heterocycles. The minimum absolute atomic E-state index is 0.241. The molecule has 0 aliphatic rings. The number of aromatic nitrogens is 3. The topological polar surface area (TPSA) is 79.8 Å². The van der Waals surface area contributed by atoms with Crippen LogP contribution in [0.4, 0.5) is 5.82 Å². The van der Waals surface area contributed by atoms with Crippen molar-refractivity contribution in [3.05, 3.63) is 34.4 Å². The fourth-order valence-corrected chi connectivity index (χ4v) is 2.20. The van der Waals surface area contributed by atoms with Gasteiger partial charge in [0.15, 0.2) is 5.69 Å². The summed E-state index contributed by atoms with van der Waals surface area (Å²) in [5.74, 6) is 0.715. The van der Waals surface area contributed by atoms with E-state index in [1.165, 1.54) is 0 Å². The summed E-state index contributed by atoms with van der Waals surface area (Å²) in [6.45, 7) is 2.82. The molecule has 0 fully saturated rings. The van der Waals surface area contributed by atoms with Crippen LogP contribution in [-0.4, -0.2) is 34.7 Å². The molecule has 6 nitrogen and oxygen atoms in total. The van der Waals surface area contributed by atoms with Gasteiger partial charge < -0.3 is 10.6 Å². The Kier molecular flexibility index (Phi) is 4.40. The minimum Gasteiger partial charge on any atom is -0.368 e. The Morgan fingerprint density at radius 1 is 1.42 bits per heavy atom. The average Bonchev–Trinajstić information content (AvgIpc) is 2.98. The van der Waals surface area contributed by atoms with Crippen molar-refractivity contribution in [2.45, 2.75) is 12.8 Å². The van der Waals surface area contributed by atoms with Crippen LogP contribution in [0.2, 0.25) is 0 Å². The van der Waals surface area contributed by atoms with Crippen molar-refractivity contribution in [1.29, 1.82) is 0 Å². The lowest BCUT2D eigenvalue weighted by Gasteiger charge is -2.10. The summed E-state index contributed by atoms with van der Waals surface area (Å²) in [4.78, 5) is 15.6. The van der Waals surface area contributed by atoms with Crippen molar-refractivity contribution >= 4 is 23.1 Å². The Labute approximate surface area is 115 Å². The van der Waals surface area contributed by atoms with Gasteiger partial charge in [-0.2, -0.15) is 0 Å². The first kappa shape index (κ1) is 13.4. The Balaban J connectivity index is 1.91. The molecule has 0 aromatic carbocycles. The standard InChI is InChI=1S/C12H15N5OS/c1-8(12-14-5-6-19-12)7-15-10-4-3-9(16-17-10)11(18)13-2/h3-6,8H,7H2,1-2H3,(H,13,18)(H,15,17). The Morgan fingerprint density at radius 3 is 2.84 bits per heavy atom. The fourth-order valence-electron chi connectivity index (χ4n) is 1.50. The van der Waals surface area contributed by atoms with Gasteiger partial charge in [0.2, 0.25) is 0 Å². The van der Waals surface area contributed by atoms with Gasteiger partial charge in [0.05, 0.1) is 5.01 Å². The summed E-state index contributed by atoms with van der Waals surface area (Å²) in [7, 11) is 1.56. The summed E-state index contributed by atoms with van der Waals surface area (Å²) >= 11 is 1.64. The van der Waals surface area contributed by atoms with E-state index in [1.807, 2.05) is 5.38 Å². The number of anilines is 1. The molecule has 1 amide bonds. The third-order valence-corrected chi connectivity index (χ3v) is 3.59. The van der Waals surface area contributed by atoms with Gasteiger partial charge in [0.25, 0.3) is 5.91 Å². The molecular weight excluding hydrogens is 262 g/mol. The van der Waals surface area contributed by atoms with E-state index >= 15 is 0 Å². The van der Waals surface area contributed by atoms with Crippen LogP contribution < -0.4 is 10.6 Å². The normalized spacial score (nSPS) is 11.9. The maximum absolute atomic E-state index is 11.3. The second-order valence-corrected chi connectivity index (χ2v) is 4.96. The summed E-state index contributed by atoms with van der Waals surface area (Å²) in [6.07, 6.45) is 1.80. The number of nitrogens with one attached hydrogen (secondary N) is 2. The van der Waals surface area contributed by atoms with Crippen LogP contribution >= 0.6 is 11.3 Å². The summed E-state index contributed by atoms with van der Waals surface area (Å²) in [5, 5.41) is 16.5. The van der Waals surface area contributed by atoms with E-state index in [2.05, 4.69) is 32.7 Å². The highest BCUT2D eigenvalue weighted by Gasteiger charge is 2.09. The van der Waals surface area contributed by atoms with Gasteiger partial charge in [0, 0.05) is 31.1 Å². The molecule has 1 atom stereocenters. The van der Waals surface area contributed by atoms with Crippen molar-refractivity contribution in [2.24, 2.45) is 0 Å². The number of amides is 1. The Bertz CT molecular complexity index is 526. The third kappa shape index (κ3) is 3.47. The highest BCUT2D eigenvalue weighted by Crippen LogP contribution is 2.17. The molecule has 0 aliphatic carbocycles. The lowest BCUT2D eigenvalue weighted by molar-refractivity contribution is 0.0957. The van der Waals surface area contributed by atoms with E-state index in [4.69, 9.17) is 0 Å². The zero-order valence-electron chi connectivity index (χ0n) is 10.8. The molecule has 2 N–H and O–H groups in total. The van der Waals surface area contributed by atoms with Crippen LogP contribution in [0.5, 0.6) is 0 Å². The third-order valence-electron chi connectivity index (χ3n) is 2.59. The van der Waals surface area contributed by atoms with E-state index < -0.39 is 0 Å². The number of thiazole rings is 1. The second kappa shape index (κ2) is 6.24. The molecule has 0 saturated carbocycles. The minimum atomic E-state index is -0.241. The molecule has 2 rings (SSSR count). The van der Waals surface area contributed by atoms with Crippen molar-refractivity contribution < 1.29 is 4.79 Å². The van der Waals surface area contributed by atoms with Crippen LogP contribution in [-0.2, 0) is 0 Å². The number of hydrogen-bond donors (Lipinski definition) is 2. The quantitative estimate of drug-likeness (QED) is 0.866. The highest BCUT2D eigenvalue weighted by molar-refractivity contribution is 7.09. The molecule has 0 bridgehead atoms. The monoisotopic (exact) mass is 277 g/mol. The van der Waals surface area contributed by atoms with Crippen molar-refractivity contribution in [1.82, 2.24) is 20.5 Å². The molecule has 0 radical (unpaired) electrons. The van der Waals surface area contributed by atoms with Crippen LogP contribution in [0.25, 0.3) is 0 Å². The van der Waals surface area contributed by atoms with E-state index in [0.29, 0.717) is 17.4 Å². The van der Waals surface area contributed by atoms with Gasteiger partial charge in [-0.1, -0.05) is 6.92 Å². The van der Waals surface area contributed by atoms with Crippen LogP contribution in [0.3, 0.4) is 0 Å². The molecule has 100 valence electrons. The summed E-state index contributed by atoms with van der Waals surface area (Å²) in [5.41, 5.74) is 0.307. The maximum atomic E-state index is 11.3. The van der Waals surface area contributed by atoms with Crippen LogP contribution in [0.15, 0.2) is 23.7 Å². The SMILES string of the molecule is CNC(=O)c1ccc(NCC(C)c2nccs2)nn1. The fraction of sp³-hybridized carbons (Fsp3) is 0.333. The molecule has 1 unspecified atom stereocenters. The van der Waals surface area contributed by atoms with Crippen LogP contribution in [0, 0.1) is 0 Å². The van der Waals surface area contributed by atoms with Gasteiger partial charge in [0.1, 0.15) is 5.82 Å². The number of carbonyl (C=O) groups is 1. The first-order valence-corrected chi connectivity index (χ1v) is 6.77. The van der Waals surface area contributed by atoms with E-state index in [9.17, 15) is 4.79 Å². The predicted octanol–water partition coefficient (Wildman–Crippen LogP) is 1.51. The second-order valence-electron chi connectivity index (χ2n) is 4.04. The first-order valence-electron chi connectivity index (χ1n) is 5.89. The van der Waals surface area contributed by atoms with E-state index in [-0.39, 0.29) is 5.91 Å². The maximum Gasteiger partial charge on any atom is 0.271 e. The molecule has 0 aliphatic heterocycles. The van der Waals surface area contributed by atoms with Gasteiger partial charge in [-0.05, 0) is 12.1 Å². The van der Waals surface area contributed by atoms with E-state index in [1.54, 1.807) is 36.7 Å². The van der Waals surface area contributed by atoms with Crippen molar-refractivity contribution in [2.75, 3.05) is 18.9 Å². The average molecular weight is 277 g/mol. The zero-order valence-corrected chi connectivity index (χ0v) is 11.6. The Morgan fingerprint density at radius 2 is 2.26 bits per heavy atom. The molecule has 7 heteroatoms. The van der Waals surface area contributed by atoms with Gasteiger partial charge in [-0.3, -0.25) is 4.79 Å². The molecule has 2 aromatic rings. The molecule has 19 heavy (non-hydrogen) atoms. The number of carbonyl (C=O) groups excluding carboxylic acids is 1. The molecular formula is C12H15N5OS. The lowest BCUT2D eigenvalue weighted by Crippen LogP contribution is -2.20. The molecule has 2 heterocycles. The Hall–Kier alpha value is -2.02. The zero-order chi connectivity index (χ0) is 13.7. The lowest BCUT2D eigenvalue weighted by atomic mass is 10.2. The molecule has 0 spiro atoms. The molecule has 0 saturated heterocycles. The first-order chi connectivity index (χ1) is 9.20. The van der Waals surface area contributed by atoms with Gasteiger partial charge in [-0.15, -0.1) is 21.5 Å². The van der Waals surface area contributed by atoms with Gasteiger partial charge in [-0.25, -0.2) is 4.98 Å².